The summed E-state index contributed by atoms with van der Waals surface area (Å²) in [7, 11) is 0. The number of hydrogen-bond donors (Lipinski definition) is 1. The molecule has 0 saturated heterocycles. The molecule has 0 aliphatic carbocycles. The molecule has 5 nitrogen and oxygen atoms in total. The number of nitrogens with two attached hydrogens (primary N) is 1. The molecular weight excluding hydrogens is 212 g/mol. The fraction of sp³-hybridized carbons (Fsp3) is 0.444. The average molecular weight is 224 g/mol. The van der Waals surface area contributed by atoms with E-state index in [-0.39, 0.29) is 5.41 Å². The van der Waals surface area contributed by atoms with E-state index in [4.69, 9.17) is 10.3 Å². The summed E-state index contributed by atoms with van der Waals surface area (Å²) in [6.07, 6.45) is 0. The average Bonchev–Trinajstić information content (AvgIpc) is 2.69. The minimum Gasteiger partial charge on any atom is -0.374 e. The first kappa shape index (κ1) is 10.1. The second-order valence-electron chi connectivity index (χ2n) is 4.27. The molecule has 2 rings (SSSR count). The first-order valence-electron chi connectivity index (χ1n) is 4.53. The zero-order valence-corrected chi connectivity index (χ0v) is 9.63. The van der Waals surface area contributed by atoms with Gasteiger partial charge in [0.2, 0.25) is 5.13 Å². The van der Waals surface area contributed by atoms with Gasteiger partial charge >= 0.3 is 0 Å². The summed E-state index contributed by atoms with van der Waals surface area (Å²) in [4.78, 5) is 0. The van der Waals surface area contributed by atoms with Crippen LogP contribution in [0.2, 0.25) is 0 Å². The lowest BCUT2D eigenvalue weighted by atomic mass is 9.93. The maximum Gasteiger partial charge on any atom is 0.203 e. The highest BCUT2D eigenvalue weighted by atomic mass is 32.1. The Morgan fingerprint density at radius 3 is 2.53 bits per heavy atom. The minimum absolute atomic E-state index is 0.0541. The highest BCUT2D eigenvalue weighted by Crippen LogP contribution is 2.29. The van der Waals surface area contributed by atoms with Crippen molar-refractivity contribution in [2.75, 3.05) is 5.73 Å². The van der Waals surface area contributed by atoms with E-state index in [1.165, 1.54) is 11.3 Å². The van der Waals surface area contributed by atoms with Crippen LogP contribution in [0, 0.1) is 0 Å². The van der Waals surface area contributed by atoms with Gasteiger partial charge in [-0.1, -0.05) is 37.3 Å². The highest BCUT2D eigenvalue weighted by Gasteiger charge is 2.21. The summed E-state index contributed by atoms with van der Waals surface area (Å²) in [5.74, 6) is 0.825. The Morgan fingerprint density at radius 1 is 1.33 bits per heavy atom. The first-order chi connectivity index (χ1) is 6.97. The third-order valence-corrected chi connectivity index (χ3v) is 2.68. The van der Waals surface area contributed by atoms with Crippen LogP contribution in [0.4, 0.5) is 5.13 Å². The molecule has 0 aliphatic heterocycles. The number of aromatic nitrogens is 3. The van der Waals surface area contributed by atoms with Crippen LogP contribution in [0.3, 0.4) is 0 Å². The molecule has 0 bridgehead atoms. The van der Waals surface area contributed by atoms with Crippen molar-refractivity contribution in [3.8, 4) is 10.7 Å². The van der Waals surface area contributed by atoms with Gasteiger partial charge in [0.1, 0.15) is 11.5 Å². The second-order valence-corrected chi connectivity index (χ2v) is 5.28. The van der Waals surface area contributed by atoms with Crippen LogP contribution < -0.4 is 5.73 Å². The first-order valence-corrected chi connectivity index (χ1v) is 5.35. The van der Waals surface area contributed by atoms with Gasteiger partial charge in [0, 0.05) is 11.5 Å². The number of hydrogen-bond acceptors (Lipinski definition) is 6. The van der Waals surface area contributed by atoms with Gasteiger partial charge < -0.3 is 10.3 Å². The zero-order valence-electron chi connectivity index (χ0n) is 8.81. The maximum absolute atomic E-state index is 5.50. The Bertz CT molecular complexity index is 468. The van der Waals surface area contributed by atoms with Crippen molar-refractivity contribution >= 4 is 16.5 Å². The SMILES string of the molecule is CC(C)(C)c1cc(-c2nnc(N)s2)no1. The quantitative estimate of drug-likeness (QED) is 0.802. The topological polar surface area (TPSA) is 77.8 Å². The lowest BCUT2D eigenvalue weighted by molar-refractivity contribution is 0.330. The van der Waals surface area contributed by atoms with Gasteiger partial charge in [-0.15, -0.1) is 10.2 Å². The van der Waals surface area contributed by atoms with Gasteiger partial charge in [-0.2, -0.15) is 0 Å². The van der Waals surface area contributed by atoms with Crippen LogP contribution in [0.1, 0.15) is 26.5 Å². The van der Waals surface area contributed by atoms with E-state index in [1.807, 2.05) is 6.07 Å². The van der Waals surface area contributed by atoms with E-state index in [9.17, 15) is 0 Å². The molecule has 0 amide bonds. The monoisotopic (exact) mass is 224 g/mol. The summed E-state index contributed by atoms with van der Waals surface area (Å²) in [5.41, 5.74) is 6.13. The summed E-state index contributed by atoms with van der Waals surface area (Å²) < 4.78 is 5.24. The van der Waals surface area contributed by atoms with Crippen molar-refractivity contribution in [1.82, 2.24) is 15.4 Å². The third-order valence-electron chi connectivity index (χ3n) is 1.91. The van der Waals surface area contributed by atoms with Crippen molar-refractivity contribution in [2.45, 2.75) is 26.2 Å². The number of anilines is 1. The Labute approximate surface area is 91.3 Å². The standard InChI is InChI=1S/C9H12N4OS/c1-9(2,3)6-4-5(13-14-6)7-11-12-8(10)15-7/h4H,1-3H3,(H2,10,12). The largest absolute Gasteiger partial charge is 0.374 e. The van der Waals surface area contributed by atoms with Crippen molar-refractivity contribution < 1.29 is 4.52 Å². The van der Waals surface area contributed by atoms with Crippen molar-refractivity contribution in [1.29, 1.82) is 0 Å². The molecule has 0 unspecified atom stereocenters. The molecule has 0 aliphatic rings. The molecule has 0 fully saturated rings. The number of nitrogen functional groups attached to an aromatic ring is 1. The van der Waals surface area contributed by atoms with Gasteiger partial charge in [-0.3, -0.25) is 0 Å². The van der Waals surface area contributed by atoms with Crippen LogP contribution in [0.15, 0.2) is 10.6 Å². The molecule has 15 heavy (non-hydrogen) atoms. The van der Waals surface area contributed by atoms with Gasteiger partial charge in [-0.25, -0.2) is 0 Å². The van der Waals surface area contributed by atoms with Crippen LogP contribution in [0.5, 0.6) is 0 Å². The van der Waals surface area contributed by atoms with Crippen LogP contribution >= 0.6 is 11.3 Å². The highest BCUT2D eigenvalue weighted by molar-refractivity contribution is 7.18. The van der Waals surface area contributed by atoms with E-state index < -0.39 is 0 Å². The normalized spacial score (nSPS) is 11.9. The molecular formula is C9H12N4OS. The Balaban J connectivity index is 2.36. The molecule has 2 aromatic heterocycles. The van der Waals surface area contributed by atoms with E-state index in [0.29, 0.717) is 15.8 Å². The fourth-order valence-corrected chi connectivity index (χ4v) is 1.63. The van der Waals surface area contributed by atoms with Gasteiger partial charge in [0.05, 0.1) is 0 Å². The lowest BCUT2D eigenvalue weighted by Crippen LogP contribution is -2.09. The molecule has 6 heteroatoms. The predicted octanol–water partition coefficient (Wildman–Crippen LogP) is 2.07. The third kappa shape index (κ3) is 1.99. The van der Waals surface area contributed by atoms with Crippen LogP contribution in [-0.4, -0.2) is 15.4 Å². The smallest absolute Gasteiger partial charge is 0.203 e. The second kappa shape index (κ2) is 3.30. The maximum atomic E-state index is 5.50. The minimum atomic E-state index is -0.0541. The lowest BCUT2D eigenvalue weighted by Gasteiger charge is -2.11. The van der Waals surface area contributed by atoms with Crippen LogP contribution in [0.25, 0.3) is 10.7 Å². The Morgan fingerprint density at radius 2 is 2.07 bits per heavy atom. The molecule has 0 radical (unpaired) electrons. The zero-order chi connectivity index (χ0) is 11.1. The summed E-state index contributed by atoms with van der Waals surface area (Å²) >= 11 is 1.30. The molecule has 0 atom stereocenters. The van der Waals surface area contributed by atoms with Crippen molar-refractivity contribution in [2.24, 2.45) is 0 Å². The number of rotatable bonds is 1. The Kier molecular flexibility index (Phi) is 2.22. The molecule has 0 aromatic carbocycles. The summed E-state index contributed by atoms with van der Waals surface area (Å²) in [5, 5.41) is 12.7. The van der Waals surface area contributed by atoms with E-state index in [2.05, 4.69) is 36.1 Å². The van der Waals surface area contributed by atoms with E-state index in [1.54, 1.807) is 0 Å². The Hall–Kier alpha value is -1.43. The van der Waals surface area contributed by atoms with Gasteiger partial charge in [0.15, 0.2) is 5.01 Å². The van der Waals surface area contributed by atoms with Gasteiger partial charge in [0.25, 0.3) is 0 Å². The number of nitrogens with zero attached hydrogens (tertiary/aromatic N) is 3. The molecule has 2 N–H and O–H groups in total. The van der Waals surface area contributed by atoms with Crippen molar-refractivity contribution in [3.05, 3.63) is 11.8 Å². The fourth-order valence-electron chi connectivity index (χ4n) is 1.07. The molecule has 0 saturated carbocycles. The molecule has 2 heterocycles. The van der Waals surface area contributed by atoms with E-state index in [0.717, 1.165) is 5.76 Å². The van der Waals surface area contributed by atoms with Crippen molar-refractivity contribution in [3.63, 3.8) is 0 Å². The molecule has 2 aromatic rings. The molecule has 0 spiro atoms. The van der Waals surface area contributed by atoms with Crippen LogP contribution in [-0.2, 0) is 5.41 Å². The predicted molar refractivity (Wildman–Crippen MR) is 58.5 cm³/mol. The van der Waals surface area contributed by atoms with Gasteiger partial charge in [-0.05, 0) is 0 Å². The summed E-state index contributed by atoms with van der Waals surface area (Å²) in [6, 6.07) is 1.87. The van der Waals surface area contributed by atoms with E-state index >= 15 is 0 Å². The summed E-state index contributed by atoms with van der Waals surface area (Å²) in [6.45, 7) is 6.18. The molecule has 80 valence electrons.